The minimum Gasteiger partial charge on any atom is -0.506 e. The van der Waals surface area contributed by atoms with Gasteiger partial charge >= 0.3 is 6.09 Å². The number of carbonyl (C=O) groups is 1. The van der Waals surface area contributed by atoms with Gasteiger partial charge < -0.3 is 9.84 Å². The number of hydrogen-bond donors (Lipinski definition) is 1. The number of aromatic hydroxyl groups is 1. The first-order valence-electron chi connectivity index (χ1n) is 4.35. The second-order valence-corrected chi connectivity index (χ2v) is 2.75. The van der Waals surface area contributed by atoms with E-state index in [1.807, 2.05) is 0 Å². The molecule has 1 amide bonds. The molecular weight excluding hydrogens is 182 g/mol. The minimum absolute atomic E-state index is 0.0584. The van der Waals surface area contributed by atoms with E-state index >= 15 is 0 Å². The van der Waals surface area contributed by atoms with Gasteiger partial charge in [-0.3, -0.25) is 4.90 Å². The molecule has 4 heteroatoms. The lowest BCUT2D eigenvalue weighted by Crippen LogP contribution is -2.26. The van der Waals surface area contributed by atoms with E-state index in [4.69, 9.17) is 4.74 Å². The largest absolute Gasteiger partial charge is 0.506 e. The van der Waals surface area contributed by atoms with Crippen LogP contribution in [0.1, 0.15) is 6.92 Å². The SMILES string of the molecule is CCOC(=O)N(C)c1ccccc1O. The lowest BCUT2D eigenvalue weighted by Gasteiger charge is -2.17. The molecule has 0 aliphatic carbocycles. The molecule has 76 valence electrons. The molecule has 0 fully saturated rings. The van der Waals surface area contributed by atoms with Crippen molar-refractivity contribution < 1.29 is 14.6 Å². The number of ether oxygens (including phenoxy) is 1. The summed E-state index contributed by atoms with van der Waals surface area (Å²) in [4.78, 5) is 12.6. The molecule has 0 heterocycles. The van der Waals surface area contributed by atoms with Gasteiger partial charge in [0.1, 0.15) is 5.75 Å². The number of nitrogens with zero attached hydrogens (tertiary/aromatic N) is 1. The van der Waals surface area contributed by atoms with Crippen molar-refractivity contribution in [3.05, 3.63) is 24.3 Å². The van der Waals surface area contributed by atoms with E-state index in [-0.39, 0.29) is 5.75 Å². The van der Waals surface area contributed by atoms with Crippen LogP contribution < -0.4 is 4.90 Å². The standard InChI is InChI=1S/C10H13NO3/c1-3-14-10(13)11(2)8-6-4-5-7-9(8)12/h4-7,12H,3H2,1-2H3. The number of anilines is 1. The molecule has 0 saturated heterocycles. The van der Waals surface area contributed by atoms with Crippen LogP contribution in [0.15, 0.2) is 24.3 Å². The zero-order chi connectivity index (χ0) is 10.6. The van der Waals surface area contributed by atoms with E-state index in [0.29, 0.717) is 12.3 Å². The first-order valence-corrected chi connectivity index (χ1v) is 4.35. The molecule has 1 N–H and O–H groups in total. The first-order chi connectivity index (χ1) is 6.66. The predicted molar refractivity (Wildman–Crippen MR) is 53.5 cm³/mol. The molecular formula is C10H13NO3. The van der Waals surface area contributed by atoms with Gasteiger partial charge in [-0.05, 0) is 19.1 Å². The Hall–Kier alpha value is -1.71. The van der Waals surface area contributed by atoms with Crippen LogP contribution in [0.3, 0.4) is 0 Å². The topological polar surface area (TPSA) is 49.8 Å². The van der Waals surface area contributed by atoms with E-state index < -0.39 is 6.09 Å². The van der Waals surface area contributed by atoms with Crippen LogP contribution in [0.2, 0.25) is 0 Å². The van der Waals surface area contributed by atoms with Gasteiger partial charge in [-0.25, -0.2) is 4.79 Å². The van der Waals surface area contributed by atoms with Crippen LogP contribution in [-0.4, -0.2) is 24.9 Å². The molecule has 0 spiro atoms. The number of benzene rings is 1. The number of rotatable bonds is 2. The van der Waals surface area contributed by atoms with E-state index in [0.717, 1.165) is 0 Å². The van der Waals surface area contributed by atoms with E-state index in [1.54, 1.807) is 32.2 Å². The van der Waals surface area contributed by atoms with Crippen molar-refractivity contribution in [1.82, 2.24) is 0 Å². The zero-order valence-corrected chi connectivity index (χ0v) is 8.23. The maximum absolute atomic E-state index is 11.3. The molecule has 1 aromatic rings. The van der Waals surface area contributed by atoms with E-state index in [2.05, 4.69) is 0 Å². The Balaban J connectivity index is 2.84. The van der Waals surface area contributed by atoms with E-state index in [1.165, 1.54) is 11.0 Å². The van der Waals surface area contributed by atoms with E-state index in [9.17, 15) is 9.90 Å². The maximum Gasteiger partial charge on any atom is 0.414 e. The second kappa shape index (κ2) is 4.50. The van der Waals surface area contributed by atoms with Crippen molar-refractivity contribution in [2.24, 2.45) is 0 Å². The lowest BCUT2D eigenvalue weighted by atomic mass is 10.3. The Bertz CT molecular complexity index is 325. The summed E-state index contributed by atoms with van der Waals surface area (Å²) in [6, 6.07) is 6.60. The first kappa shape index (κ1) is 10.4. The smallest absolute Gasteiger partial charge is 0.414 e. The summed E-state index contributed by atoms with van der Waals surface area (Å²) in [5.41, 5.74) is 0.436. The van der Waals surface area contributed by atoms with Gasteiger partial charge in [0.2, 0.25) is 0 Å². The highest BCUT2D eigenvalue weighted by atomic mass is 16.6. The number of carbonyl (C=O) groups excluding carboxylic acids is 1. The van der Waals surface area contributed by atoms with Crippen LogP contribution in [0, 0.1) is 0 Å². The Labute approximate surface area is 82.7 Å². The highest BCUT2D eigenvalue weighted by Crippen LogP contribution is 2.25. The monoisotopic (exact) mass is 195 g/mol. The van der Waals surface area contributed by atoms with Gasteiger partial charge in [0, 0.05) is 7.05 Å². The van der Waals surface area contributed by atoms with Crippen LogP contribution in [-0.2, 0) is 4.74 Å². The van der Waals surface area contributed by atoms with Crippen molar-refractivity contribution in [2.45, 2.75) is 6.92 Å². The molecule has 0 bridgehead atoms. The summed E-state index contributed by atoms with van der Waals surface area (Å²) in [5.74, 6) is 0.0584. The predicted octanol–water partition coefficient (Wildman–Crippen LogP) is 1.98. The third kappa shape index (κ3) is 2.16. The summed E-state index contributed by atoms with van der Waals surface area (Å²) < 4.78 is 4.79. The molecule has 4 nitrogen and oxygen atoms in total. The summed E-state index contributed by atoms with van der Waals surface area (Å²) in [6.45, 7) is 2.05. The van der Waals surface area contributed by atoms with Crippen molar-refractivity contribution in [1.29, 1.82) is 0 Å². The normalized spacial score (nSPS) is 9.57. The third-order valence-corrected chi connectivity index (χ3v) is 1.78. The molecule has 0 aromatic heterocycles. The highest BCUT2D eigenvalue weighted by molar-refractivity contribution is 5.88. The molecule has 0 unspecified atom stereocenters. The van der Waals surface area contributed by atoms with Crippen molar-refractivity contribution in [3.63, 3.8) is 0 Å². The van der Waals surface area contributed by atoms with Gasteiger partial charge in [0.25, 0.3) is 0 Å². The fraction of sp³-hybridized carbons (Fsp3) is 0.300. The molecule has 14 heavy (non-hydrogen) atoms. The molecule has 0 aliphatic heterocycles. The van der Waals surface area contributed by atoms with Crippen LogP contribution >= 0.6 is 0 Å². The molecule has 1 rings (SSSR count). The second-order valence-electron chi connectivity index (χ2n) is 2.75. The molecule has 0 saturated carbocycles. The third-order valence-electron chi connectivity index (χ3n) is 1.78. The van der Waals surface area contributed by atoms with Gasteiger partial charge in [0.15, 0.2) is 0 Å². The fourth-order valence-electron chi connectivity index (χ4n) is 1.07. The van der Waals surface area contributed by atoms with Gasteiger partial charge in [-0.15, -0.1) is 0 Å². The number of phenols is 1. The van der Waals surface area contributed by atoms with Crippen molar-refractivity contribution in [2.75, 3.05) is 18.6 Å². The summed E-state index contributed by atoms with van der Waals surface area (Å²) in [5, 5.41) is 9.45. The Morgan fingerprint density at radius 2 is 2.14 bits per heavy atom. The van der Waals surface area contributed by atoms with Crippen molar-refractivity contribution >= 4 is 11.8 Å². The number of hydrogen-bond acceptors (Lipinski definition) is 3. The average Bonchev–Trinajstić information content (AvgIpc) is 2.18. The lowest BCUT2D eigenvalue weighted by molar-refractivity contribution is 0.161. The Kier molecular flexibility index (Phi) is 3.34. The fourth-order valence-corrected chi connectivity index (χ4v) is 1.07. The van der Waals surface area contributed by atoms with Crippen LogP contribution in [0.25, 0.3) is 0 Å². The molecule has 1 aromatic carbocycles. The van der Waals surface area contributed by atoms with Gasteiger partial charge in [0.05, 0.1) is 12.3 Å². The van der Waals surface area contributed by atoms with Crippen LogP contribution in [0.5, 0.6) is 5.75 Å². The summed E-state index contributed by atoms with van der Waals surface area (Å²) >= 11 is 0. The minimum atomic E-state index is -0.478. The van der Waals surface area contributed by atoms with Crippen molar-refractivity contribution in [3.8, 4) is 5.75 Å². The summed E-state index contributed by atoms with van der Waals surface area (Å²) in [6.07, 6.45) is -0.478. The molecule has 0 radical (unpaired) electrons. The zero-order valence-electron chi connectivity index (χ0n) is 8.23. The summed E-state index contributed by atoms with van der Waals surface area (Å²) in [7, 11) is 1.55. The Morgan fingerprint density at radius 1 is 1.50 bits per heavy atom. The molecule has 0 atom stereocenters. The molecule has 0 aliphatic rings. The van der Waals surface area contributed by atoms with Gasteiger partial charge in [-0.1, -0.05) is 12.1 Å². The number of phenolic OH excluding ortho intramolecular Hbond substituents is 1. The maximum atomic E-state index is 11.3. The number of amides is 1. The number of para-hydroxylation sites is 2. The Morgan fingerprint density at radius 3 is 2.71 bits per heavy atom. The van der Waals surface area contributed by atoms with Crippen LogP contribution in [0.4, 0.5) is 10.5 Å². The highest BCUT2D eigenvalue weighted by Gasteiger charge is 2.13. The average molecular weight is 195 g/mol. The van der Waals surface area contributed by atoms with Gasteiger partial charge in [-0.2, -0.15) is 0 Å². The quantitative estimate of drug-likeness (QED) is 0.785.